The van der Waals surface area contributed by atoms with Crippen molar-refractivity contribution in [1.82, 2.24) is 0 Å². The van der Waals surface area contributed by atoms with Crippen LogP contribution in [0.4, 0.5) is 5.00 Å². The van der Waals surface area contributed by atoms with Crippen LogP contribution in [0, 0.1) is 0 Å². The number of esters is 1. The standard InChI is InChI=1S/C24H29Cl2NO4S/c1-30-24(29)22-17-10-8-6-4-2-3-5-7-9-11-20(17)32-23(22)27-21(28)15-31-19-13-12-16(25)14-18(19)26/h12-14H,2-11,15H2,1H3,(H,27,28). The van der Waals surface area contributed by atoms with Crippen molar-refractivity contribution in [3.63, 3.8) is 0 Å². The molecule has 1 amide bonds. The monoisotopic (exact) mass is 497 g/mol. The molecule has 0 atom stereocenters. The number of hydrogen-bond donors (Lipinski definition) is 1. The molecular weight excluding hydrogens is 469 g/mol. The molecule has 1 heterocycles. The topological polar surface area (TPSA) is 64.6 Å². The highest BCUT2D eigenvalue weighted by atomic mass is 35.5. The molecule has 1 aliphatic carbocycles. The van der Waals surface area contributed by atoms with Gasteiger partial charge < -0.3 is 14.8 Å². The first-order chi connectivity index (χ1) is 15.5. The van der Waals surface area contributed by atoms with E-state index < -0.39 is 5.97 Å². The van der Waals surface area contributed by atoms with Gasteiger partial charge in [-0.25, -0.2) is 4.79 Å². The van der Waals surface area contributed by atoms with Gasteiger partial charge in [-0.1, -0.05) is 61.7 Å². The molecule has 0 spiro atoms. The van der Waals surface area contributed by atoms with E-state index in [2.05, 4.69) is 5.32 Å². The zero-order valence-electron chi connectivity index (χ0n) is 18.3. The van der Waals surface area contributed by atoms with Gasteiger partial charge >= 0.3 is 5.97 Å². The van der Waals surface area contributed by atoms with Crippen LogP contribution in [0.5, 0.6) is 5.75 Å². The van der Waals surface area contributed by atoms with E-state index in [1.165, 1.54) is 55.4 Å². The molecule has 32 heavy (non-hydrogen) atoms. The summed E-state index contributed by atoms with van der Waals surface area (Å²) in [5, 5.41) is 4.22. The normalized spacial score (nSPS) is 15.1. The number of amides is 1. The Hall–Kier alpha value is -1.76. The fraction of sp³-hybridized carbons (Fsp3) is 0.500. The van der Waals surface area contributed by atoms with Crippen molar-refractivity contribution in [3.8, 4) is 5.75 Å². The third kappa shape index (κ3) is 6.87. The van der Waals surface area contributed by atoms with Gasteiger partial charge in [0.25, 0.3) is 5.91 Å². The summed E-state index contributed by atoms with van der Waals surface area (Å²) in [4.78, 5) is 26.4. The number of carbonyl (C=O) groups excluding carboxylic acids is 2. The molecule has 1 aromatic carbocycles. The van der Waals surface area contributed by atoms with E-state index in [1.54, 1.807) is 18.2 Å². The molecule has 0 saturated heterocycles. The molecular formula is C24H29Cl2NO4S. The van der Waals surface area contributed by atoms with E-state index in [-0.39, 0.29) is 12.5 Å². The highest BCUT2D eigenvalue weighted by molar-refractivity contribution is 7.17. The number of anilines is 1. The fourth-order valence-electron chi connectivity index (χ4n) is 3.93. The Kier molecular flexibility index (Phi) is 9.69. The Morgan fingerprint density at radius 3 is 2.31 bits per heavy atom. The fourth-order valence-corrected chi connectivity index (χ4v) is 5.69. The van der Waals surface area contributed by atoms with Crippen LogP contribution in [-0.4, -0.2) is 25.6 Å². The second kappa shape index (κ2) is 12.5. The van der Waals surface area contributed by atoms with Crippen LogP contribution in [0.25, 0.3) is 0 Å². The average Bonchev–Trinajstić information content (AvgIpc) is 3.09. The number of rotatable bonds is 5. The van der Waals surface area contributed by atoms with Crippen LogP contribution in [-0.2, 0) is 22.4 Å². The molecule has 2 aromatic rings. The predicted octanol–water partition coefficient (Wildman–Crippen LogP) is 7.08. The molecule has 0 bridgehead atoms. The number of halogens is 2. The smallest absolute Gasteiger partial charge is 0.341 e. The molecule has 3 rings (SSSR count). The molecule has 8 heteroatoms. The lowest BCUT2D eigenvalue weighted by Crippen LogP contribution is -2.21. The van der Waals surface area contributed by atoms with Crippen molar-refractivity contribution in [1.29, 1.82) is 0 Å². The number of benzene rings is 1. The van der Waals surface area contributed by atoms with E-state index in [1.807, 2.05) is 0 Å². The van der Waals surface area contributed by atoms with Crippen LogP contribution < -0.4 is 10.1 Å². The van der Waals surface area contributed by atoms with Gasteiger partial charge in [0.05, 0.1) is 17.7 Å². The summed E-state index contributed by atoms with van der Waals surface area (Å²) in [6.45, 7) is -0.232. The summed E-state index contributed by atoms with van der Waals surface area (Å²) in [6, 6.07) is 4.82. The van der Waals surface area contributed by atoms with Crippen LogP contribution in [0.1, 0.15) is 72.2 Å². The summed E-state index contributed by atoms with van der Waals surface area (Å²) in [6.07, 6.45) is 11.2. The van der Waals surface area contributed by atoms with E-state index in [0.717, 1.165) is 37.7 Å². The summed E-state index contributed by atoms with van der Waals surface area (Å²) < 4.78 is 10.6. The maximum Gasteiger partial charge on any atom is 0.341 e. The third-order valence-electron chi connectivity index (χ3n) is 5.57. The molecule has 1 aliphatic rings. The van der Waals surface area contributed by atoms with Gasteiger partial charge in [0.2, 0.25) is 0 Å². The number of hydrogen-bond acceptors (Lipinski definition) is 5. The van der Waals surface area contributed by atoms with E-state index >= 15 is 0 Å². The lowest BCUT2D eigenvalue weighted by Gasteiger charge is -2.10. The Morgan fingerprint density at radius 1 is 1.00 bits per heavy atom. The number of carbonyl (C=O) groups is 2. The van der Waals surface area contributed by atoms with Crippen molar-refractivity contribution in [2.24, 2.45) is 0 Å². The minimum absolute atomic E-state index is 0.232. The van der Waals surface area contributed by atoms with Crippen molar-refractivity contribution < 1.29 is 19.1 Å². The first-order valence-corrected chi connectivity index (χ1v) is 12.7. The van der Waals surface area contributed by atoms with E-state index in [9.17, 15) is 9.59 Å². The van der Waals surface area contributed by atoms with Crippen LogP contribution in [0.3, 0.4) is 0 Å². The SMILES string of the molecule is COC(=O)c1c(NC(=O)COc2ccc(Cl)cc2Cl)sc2c1CCCCCCCCCC2. The summed E-state index contributed by atoms with van der Waals surface area (Å²) >= 11 is 13.5. The molecule has 0 aliphatic heterocycles. The van der Waals surface area contributed by atoms with Gasteiger partial charge in [-0.3, -0.25) is 4.79 Å². The van der Waals surface area contributed by atoms with Gasteiger partial charge in [0.15, 0.2) is 6.61 Å². The molecule has 0 fully saturated rings. The lowest BCUT2D eigenvalue weighted by molar-refractivity contribution is -0.118. The van der Waals surface area contributed by atoms with Crippen molar-refractivity contribution in [3.05, 3.63) is 44.2 Å². The summed E-state index contributed by atoms with van der Waals surface area (Å²) in [5.74, 6) is -0.400. The van der Waals surface area contributed by atoms with Crippen molar-refractivity contribution in [2.45, 2.75) is 64.2 Å². The number of methoxy groups -OCH3 is 1. The van der Waals surface area contributed by atoms with Crippen LogP contribution in [0.2, 0.25) is 10.0 Å². The average molecular weight is 498 g/mol. The molecule has 0 saturated carbocycles. The van der Waals surface area contributed by atoms with Gasteiger partial charge in [-0.05, 0) is 49.4 Å². The van der Waals surface area contributed by atoms with Crippen molar-refractivity contribution in [2.75, 3.05) is 19.0 Å². The highest BCUT2D eigenvalue weighted by Crippen LogP contribution is 2.37. The first kappa shape index (κ1) is 24.9. The molecule has 1 aromatic heterocycles. The maximum absolute atomic E-state index is 12.7. The molecule has 0 radical (unpaired) electrons. The summed E-state index contributed by atoms with van der Waals surface area (Å²) in [5.41, 5.74) is 1.52. The van der Waals surface area contributed by atoms with Crippen LogP contribution >= 0.6 is 34.5 Å². The minimum Gasteiger partial charge on any atom is -0.482 e. The van der Waals surface area contributed by atoms with Gasteiger partial charge in [0, 0.05) is 9.90 Å². The number of thiophene rings is 1. The van der Waals surface area contributed by atoms with Crippen molar-refractivity contribution >= 4 is 51.4 Å². The minimum atomic E-state index is -0.411. The zero-order valence-corrected chi connectivity index (χ0v) is 20.6. The number of nitrogens with one attached hydrogen (secondary N) is 1. The number of aryl methyl sites for hydroxylation is 1. The second-order valence-corrected chi connectivity index (χ2v) is 9.89. The molecule has 174 valence electrons. The largest absolute Gasteiger partial charge is 0.482 e. The lowest BCUT2D eigenvalue weighted by atomic mass is 9.97. The molecule has 5 nitrogen and oxygen atoms in total. The van der Waals surface area contributed by atoms with Crippen LogP contribution in [0.15, 0.2) is 18.2 Å². The number of fused-ring (bicyclic) bond motifs is 1. The molecule has 0 unspecified atom stereocenters. The Bertz CT molecular complexity index is 944. The quantitative estimate of drug-likeness (QED) is 0.448. The maximum atomic E-state index is 12.7. The summed E-state index contributed by atoms with van der Waals surface area (Å²) in [7, 11) is 1.37. The Balaban J connectivity index is 1.77. The van der Waals surface area contributed by atoms with E-state index in [0.29, 0.717) is 26.4 Å². The second-order valence-electron chi connectivity index (χ2n) is 7.94. The predicted molar refractivity (Wildman–Crippen MR) is 131 cm³/mol. The Morgan fingerprint density at radius 2 is 1.66 bits per heavy atom. The zero-order chi connectivity index (χ0) is 22.9. The van der Waals surface area contributed by atoms with E-state index in [4.69, 9.17) is 32.7 Å². The third-order valence-corrected chi connectivity index (χ3v) is 7.30. The van der Waals surface area contributed by atoms with Gasteiger partial charge in [-0.2, -0.15) is 0 Å². The molecule has 1 N–H and O–H groups in total. The van der Waals surface area contributed by atoms with Gasteiger partial charge in [-0.15, -0.1) is 11.3 Å². The highest BCUT2D eigenvalue weighted by Gasteiger charge is 2.25. The number of ether oxygens (including phenoxy) is 2. The van der Waals surface area contributed by atoms with Gasteiger partial charge in [0.1, 0.15) is 10.8 Å². The first-order valence-electron chi connectivity index (χ1n) is 11.1. The Labute approximate surface area is 203 Å².